The van der Waals surface area contributed by atoms with Gasteiger partial charge in [0.2, 0.25) is 5.91 Å². The lowest BCUT2D eigenvalue weighted by Gasteiger charge is -2.41. The van der Waals surface area contributed by atoms with Crippen LogP contribution in [0.25, 0.3) is 0 Å². The minimum absolute atomic E-state index is 0.0384. The first-order valence-electron chi connectivity index (χ1n) is 6.41. The van der Waals surface area contributed by atoms with Crippen molar-refractivity contribution in [3.05, 3.63) is 30.3 Å². The van der Waals surface area contributed by atoms with E-state index in [2.05, 4.69) is 5.32 Å². The molecule has 0 bridgehead atoms. The number of nitrogens with one attached hydrogen (secondary N) is 1. The molecule has 3 rings (SSSR count). The van der Waals surface area contributed by atoms with Gasteiger partial charge in [-0.1, -0.05) is 18.2 Å². The molecule has 2 aliphatic rings. The zero-order chi connectivity index (χ0) is 11.7. The standard InChI is InChI=1S/C14H18N2O/c17-13-7-9-14(8-4-10-15-11-14)16(13)12-5-2-1-3-6-12/h1-3,5-6,15H,4,7-11H2. The molecule has 0 saturated carbocycles. The molecule has 1 amide bonds. The van der Waals surface area contributed by atoms with E-state index in [0.29, 0.717) is 6.42 Å². The van der Waals surface area contributed by atoms with Gasteiger partial charge in [0.1, 0.15) is 0 Å². The Morgan fingerprint density at radius 3 is 2.71 bits per heavy atom. The van der Waals surface area contributed by atoms with E-state index in [9.17, 15) is 4.79 Å². The van der Waals surface area contributed by atoms with Gasteiger partial charge in [-0.15, -0.1) is 0 Å². The molecule has 2 heterocycles. The number of benzene rings is 1. The average Bonchev–Trinajstić information content (AvgIpc) is 2.68. The molecule has 1 aromatic carbocycles. The number of hydrogen-bond acceptors (Lipinski definition) is 2. The molecule has 1 N–H and O–H groups in total. The highest BCUT2D eigenvalue weighted by atomic mass is 16.2. The molecule has 0 aromatic heterocycles. The first-order valence-corrected chi connectivity index (χ1v) is 6.41. The van der Waals surface area contributed by atoms with Crippen molar-refractivity contribution in [2.75, 3.05) is 18.0 Å². The molecule has 1 spiro atoms. The minimum atomic E-state index is 0.0384. The van der Waals surface area contributed by atoms with Crippen LogP contribution in [0.5, 0.6) is 0 Å². The summed E-state index contributed by atoms with van der Waals surface area (Å²) in [6.45, 7) is 2.02. The number of nitrogens with zero attached hydrogens (tertiary/aromatic N) is 1. The van der Waals surface area contributed by atoms with Gasteiger partial charge in [0, 0.05) is 18.7 Å². The van der Waals surface area contributed by atoms with Gasteiger partial charge in [-0.2, -0.15) is 0 Å². The van der Waals surface area contributed by atoms with Gasteiger partial charge in [-0.3, -0.25) is 4.79 Å². The lowest BCUT2D eigenvalue weighted by atomic mass is 9.87. The van der Waals surface area contributed by atoms with Crippen molar-refractivity contribution in [2.45, 2.75) is 31.2 Å². The third-order valence-corrected chi connectivity index (χ3v) is 3.99. The van der Waals surface area contributed by atoms with E-state index in [4.69, 9.17) is 0 Å². The monoisotopic (exact) mass is 230 g/mol. The summed E-state index contributed by atoms with van der Waals surface area (Å²) in [6, 6.07) is 10.1. The Balaban J connectivity index is 1.97. The number of piperidine rings is 1. The van der Waals surface area contributed by atoms with Crippen LogP contribution in [0.1, 0.15) is 25.7 Å². The van der Waals surface area contributed by atoms with Crippen LogP contribution in [0.3, 0.4) is 0 Å². The van der Waals surface area contributed by atoms with Gasteiger partial charge < -0.3 is 10.2 Å². The molecule has 0 aliphatic carbocycles. The quantitative estimate of drug-likeness (QED) is 0.799. The summed E-state index contributed by atoms with van der Waals surface area (Å²) >= 11 is 0. The second kappa shape index (κ2) is 4.15. The van der Waals surface area contributed by atoms with E-state index in [-0.39, 0.29) is 11.4 Å². The Labute approximate surface area is 102 Å². The number of hydrogen-bond donors (Lipinski definition) is 1. The summed E-state index contributed by atoms with van der Waals surface area (Å²) < 4.78 is 0. The lowest BCUT2D eigenvalue weighted by molar-refractivity contribution is -0.117. The highest BCUT2D eigenvalue weighted by molar-refractivity contribution is 5.97. The maximum Gasteiger partial charge on any atom is 0.227 e. The predicted octanol–water partition coefficient (Wildman–Crippen LogP) is 1.94. The summed E-state index contributed by atoms with van der Waals surface area (Å²) in [5.41, 5.74) is 1.09. The Kier molecular flexibility index (Phi) is 2.63. The average molecular weight is 230 g/mol. The van der Waals surface area contributed by atoms with Crippen LogP contribution in [-0.2, 0) is 4.79 Å². The maximum absolute atomic E-state index is 12.1. The fraction of sp³-hybridized carbons (Fsp3) is 0.500. The van der Waals surface area contributed by atoms with Crippen LogP contribution < -0.4 is 10.2 Å². The predicted molar refractivity (Wildman–Crippen MR) is 68.0 cm³/mol. The van der Waals surface area contributed by atoms with Crippen LogP contribution in [0, 0.1) is 0 Å². The molecule has 3 nitrogen and oxygen atoms in total. The summed E-state index contributed by atoms with van der Waals surface area (Å²) in [4.78, 5) is 14.2. The lowest BCUT2D eigenvalue weighted by Crippen LogP contribution is -2.55. The number of carbonyl (C=O) groups is 1. The van der Waals surface area contributed by atoms with Gasteiger partial charge in [0.05, 0.1) is 5.54 Å². The topological polar surface area (TPSA) is 32.3 Å². The highest BCUT2D eigenvalue weighted by Crippen LogP contribution is 2.39. The van der Waals surface area contributed by atoms with Crippen LogP contribution in [0.4, 0.5) is 5.69 Å². The van der Waals surface area contributed by atoms with Crippen LogP contribution in [0.2, 0.25) is 0 Å². The Morgan fingerprint density at radius 1 is 1.18 bits per heavy atom. The number of anilines is 1. The van der Waals surface area contributed by atoms with Gasteiger partial charge in [0.15, 0.2) is 0 Å². The zero-order valence-electron chi connectivity index (χ0n) is 9.98. The van der Waals surface area contributed by atoms with Crippen molar-refractivity contribution in [1.29, 1.82) is 0 Å². The normalized spacial score (nSPS) is 28.9. The summed E-state index contributed by atoms with van der Waals surface area (Å²) in [5.74, 6) is 0.278. The van der Waals surface area contributed by atoms with Crippen molar-refractivity contribution in [3.63, 3.8) is 0 Å². The summed E-state index contributed by atoms with van der Waals surface area (Å²) in [7, 11) is 0. The molecule has 1 unspecified atom stereocenters. The fourth-order valence-corrected chi connectivity index (χ4v) is 3.18. The first-order chi connectivity index (χ1) is 8.32. The van der Waals surface area contributed by atoms with Crippen molar-refractivity contribution in [1.82, 2.24) is 5.32 Å². The molecule has 1 atom stereocenters. The molecule has 2 saturated heterocycles. The van der Waals surface area contributed by atoms with Gasteiger partial charge in [-0.05, 0) is 37.9 Å². The smallest absolute Gasteiger partial charge is 0.227 e. The van der Waals surface area contributed by atoms with Crippen molar-refractivity contribution in [3.8, 4) is 0 Å². The van der Waals surface area contributed by atoms with E-state index < -0.39 is 0 Å². The van der Waals surface area contributed by atoms with E-state index in [1.165, 1.54) is 0 Å². The molecule has 90 valence electrons. The number of carbonyl (C=O) groups excluding carboxylic acids is 1. The number of amides is 1. The summed E-state index contributed by atoms with van der Waals surface area (Å²) in [6.07, 6.45) is 3.97. The van der Waals surface area contributed by atoms with Crippen LogP contribution in [-0.4, -0.2) is 24.5 Å². The Bertz CT molecular complexity index is 409. The largest absolute Gasteiger partial charge is 0.314 e. The van der Waals surface area contributed by atoms with Gasteiger partial charge in [0.25, 0.3) is 0 Å². The zero-order valence-corrected chi connectivity index (χ0v) is 9.98. The molecular weight excluding hydrogens is 212 g/mol. The molecule has 1 aromatic rings. The molecule has 3 heteroatoms. The summed E-state index contributed by atoms with van der Waals surface area (Å²) in [5, 5.41) is 3.44. The Hall–Kier alpha value is -1.35. The second-order valence-electron chi connectivity index (χ2n) is 5.07. The molecule has 17 heavy (non-hydrogen) atoms. The van der Waals surface area contributed by atoms with Crippen LogP contribution in [0.15, 0.2) is 30.3 Å². The van der Waals surface area contributed by atoms with Gasteiger partial charge >= 0.3 is 0 Å². The van der Waals surface area contributed by atoms with Crippen molar-refractivity contribution in [2.24, 2.45) is 0 Å². The van der Waals surface area contributed by atoms with Crippen molar-refractivity contribution < 1.29 is 4.79 Å². The fourth-order valence-electron chi connectivity index (χ4n) is 3.18. The molecular formula is C14H18N2O. The number of rotatable bonds is 1. The SMILES string of the molecule is O=C1CCC2(CCCNC2)N1c1ccccc1. The van der Waals surface area contributed by atoms with E-state index in [1.54, 1.807) is 0 Å². The van der Waals surface area contributed by atoms with Crippen LogP contribution >= 0.6 is 0 Å². The second-order valence-corrected chi connectivity index (χ2v) is 5.07. The molecule has 2 fully saturated rings. The van der Waals surface area contributed by atoms with Crippen molar-refractivity contribution >= 4 is 11.6 Å². The Morgan fingerprint density at radius 2 is 2.00 bits per heavy atom. The van der Waals surface area contributed by atoms with E-state index in [0.717, 1.165) is 38.0 Å². The minimum Gasteiger partial charge on any atom is -0.314 e. The third kappa shape index (κ3) is 1.75. The molecule has 2 aliphatic heterocycles. The van der Waals surface area contributed by atoms with E-state index in [1.807, 2.05) is 35.2 Å². The molecule has 0 radical (unpaired) electrons. The number of para-hydroxylation sites is 1. The maximum atomic E-state index is 12.1. The first kappa shape index (κ1) is 10.8. The highest BCUT2D eigenvalue weighted by Gasteiger charge is 2.46. The van der Waals surface area contributed by atoms with Gasteiger partial charge in [-0.25, -0.2) is 0 Å². The van der Waals surface area contributed by atoms with E-state index >= 15 is 0 Å². The third-order valence-electron chi connectivity index (χ3n) is 3.99.